The van der Waals surface area contributed by atoms with Crippen LogP contribution in [0.2, 0.25) is 0 Å². The predicted octanol–water partition coefficient (Wildman–Crippen LogP) is 4.07. The summed E-state index contributed by atoms with van der Waals surface area (Å²) in [6.07, 6.45) is 1.73. The molecule has 1 aromatic carbocycles. The number of hydrogen-bond donors (Lipinski definition) is 1. The van der Waals surface area contributed by atoms with Crippen molar-refractivity contribution in [2.75, 3.05) is 11.9 Å². The number of anilines is 1. The Kier molecular flexibility index (Phi) is 3.98. The molecule has 0 radical (unpaired) electrons. The second-order valence-electron chi connectivity index (χ2n) is 3.44. The molecule has 2 aromatic rings. The highest BCUT2D eigenvalue weighted by atomic mass is 79.9. The molecule has 1 heterocycles. The van der Waals surface area contributed by atoms with Crippen molar-refractivity contribution in [1.29, 1.82) is 0 Å². The maximum Gasteiger partial charge on any atom is 0.141 e. The molecule has 17 heavy (non-hydrogen) atoms. The molecule has 88 valence electrons. The summed E-state index contributed by atoms with van der Waals surface area (Å²) in [4.78, 5) is 4.19. The van der Waals surface area contributed by atoms with Gasteiger partial charge in [-0.3, -0.25) is 0 Å². The summed E-state index contributed by atoms with van der Waals surface area (Å²) in [6.45, 7) is 2.87. The Labute approximate surface area is 109 Å². The highest BCUT2D eigenvalue weighted by molar-refractivity contribution is 9.10. The molecular formula is C13H13BrN2O. The lowest BCUT2D eigenvalue weighted by molar-refractivity contribution is 0.479. The lowest BCUT2D eigenvalue weighted by Gasteiger charge is -2.08. The maximum absolute atomic E-state index is 5.77. The fraction of sp³-hybridized carbons (Fsp3) is 0.154. The van der Waals surface area contributed by atoms with Gasteiger partial charge in [0.1, 0.15) is 17.3 Å². The molecule has 1 aromatic heterocycles. The van der Waals surface area contributed by atoms with E-state index in [0.29, 0.717) is 0 Å². The van der Waals surface area contributed by atoms with E-state index in [-0.39, 0.29) is 0 Å². The molecule has 0 spiro atoms. The Morgan fingerprint density at radius 3 is 2.88 bits per heavy atom. The zero-order valence-corrected chi connectivity index (χ0v) is 11.1. The quantitative estimate of drug-likeness (QED) is 0.922. The molecular weight excluding hydrogens is 280 g/mol. The number of benzene rings is 1. The lowest BCUT2D eigenvalue weighted by Crippen LogP contribution is -1.98. The van der Waals surface area contributed by atoms with Crippen LogP contribution in [0.1, 0.15) is 6.92 Å². The predicted molar refractivity (Wildman–Crippen MR) is 72.6 cm³/mol. The first-order valence-electron chi connectivity index (χ1n) is 5.42. The van der Waals surface area contributed by atoms with E-state index in [1.165, 1.54) is 0 Å². The molecule has 0 saturated carbocycles. The minimum Gasteiger partial charge on any atom is -0.456 e. The van der Waals surface area contributed by atoms with Gasteiger partial charge in [-0.25, -0.2) is 4.98 Å². The van der Waals surface area contributed by atoms with Crippen molar-refractivity contribution in [2.24, 2.45) is 0 Å². The minimum atomic E-state index is 0.767. The zero-order chi connectivity index (χ0) is 12.1. The molecule has 0 atom stereocenters. The smallest absolute Gasteiger partial charge is 0.141 e. The topological polar surface area (TPSA) is 34.1 Å². The average Bonchev–Trinajstić information content (AvgIpc) is 2.33. The number of nitrogens with one attached hydrogen (secondary N) is 1. The van der Waals surface area contributed by atoms with E-state index in [2.05, 4.69) is 26.2 Å². The van der Waals surface area contributed by atoms with Crippen molar-refractivity contribution < 1.29 is 4.74 Å². The maximum atomic E-state index is 5.77. The SMILES string of the molecule is CCNc1cc(Oc2ccccc2Br)ccn1. The van der Waals surface area contributed by atoms with Crippen molar-refractivity contribution in [1.82, 2.24) is 4.98 Å². The van der Waals surface area contributed by atoms with Crippen LogP contribution in [0.3, 0.4) is 0 Å². The molecule has 0 aliphatic heterocycles. The van der Waals surface area contributed by atoms with Gasteiger partial charge in [0.25, 0.3) is 0 Å². The number of ether oxygens (including phenoxy) is 1. The van der Waals surface area contributed by atoms with E-state index in [9.17, 15) is 0 Å². The van der Waals surface area contributed by atoms with E-state index in [0.717, 1.165) is 28.3 Å². The number of pyridine rings is 1. The van der Waals surface area contributed by atoms with E-state index >= 15 is 0 Å². The van der Waals surface area contributed by atoms with Crippen LogP contribution in [-0.4, -0.2) is 11.5 Å². The van der Waals surface area contributed by atoms with Gasteiger partial charge in [0, 0.05) is 18.8 Å². The molecule has 0 aliphatic carbocycles. The Hall–Kier alpha value is -1.55. The van der Waals surface area contributed by atoms with Crippen LogP contribution in [0.25, 0.3) is 0 Å². The van der Waals surface area contributed by atoms with Gasteiger partial charge in [0.15, 0.2) is 0 Å². The highest BCUT2D eigenvalue weighted by Gasteiger charge is 2.02. The van der Waals surface area contributed by atoms with E-state index < -0.39 is 0 Å². The molecule has 0 amide bonds. The number of para-hydroxylation sites is 1. The minimum absolute atomic E-state index is 0.767. The molecule has 1 N–H and O–H groups in total. The van der Waals surface area contributed by atoms with Gasteiger partial charge in [0.2, 0.25) is 0 Å². The molecule has 0 fully saturated rings. The molecule has 2 rings (SSSR count). The first-order valence-corrected chi connectivity index (χ1v) is 6.21. The molecule has 0 saturated heterocycles. The number of nitrogens with zero attached hydrogens (tertiary/aromatic N) is 1. The molecule has 0 aliphatic rings. The number of rotatable bonds is 4. The van der Waals surface area contributed by atoms with Crippen molar-refractivity contribution in [2.45, 2.75) is 6.92 Å². The van der Waals surface area contributed by atoms with Crippen molar-refractivity contribution in [3.8, 4) is 11.5 Å². The normalized spacial score (nSPS) is 10.0. The van der Waals surface area contributed by atoms with Crippen molar-refractivity contribution >= 4 is 21.7 Å². The van der Waals surface area contributed by atoms with Crippen LogP contribution in [0.4, 0.5) is 5.82 Å². The molecule has 3 nitrogen and oxygen atoms in total. The second-order valence-corrected chi connectivity index (χ2v) is 4.29. The number of aromatic nitrogens is 1. The third kappa shape index (κ3) is 3.20. The summed E-state index contributed by atoms with van der Waals surface area (Å²) in [5.41, 5.74) is 0. The van der Waals surface area contributed by atoms with Crippen LogP contribution in [0.5, 0.6) is 11.5 Å². The summed E-state index contributed by atoms with van der Waals surface area (Å²) >= 11 is 3.45. The van der Waals surface area contributed by atoms with Crippen molar-refractivity contribution in [3.63, 3.8) is 0 Å². The van der Waals surface area contributed by atoms with E-state index in [1.807, 2.05) is 43.3 Å². The summed E-state index contributed by atoms with van der Waals surface area (Å²) in [5, 5.41) is 3.15. The Morgan fingerprint density at radius 1 is 1.29 bits per heavy atom. The van der Waals surface area contributed by atoms with Gasteiger partial charge in [-0.2, -0.15) is 0 Å². The Morgan fingerprint density at radius 2 is 2.12 bits per heavy atom. The van der Waals surface area contributed by atoms with Crippen LogP contribution in [-0.2, 0) is 0 Å². The standard InChI is InChI=1S/C13H13BrN2O/c1-2-15-13-9-10(7-8-16-13)17-12-6-4-3-5-11(12)14/h3-9H,2H2,1H3,(H,15,16). The Balaban J connectivity index is 2.18. The van der Waals surface area contributed by atoms with Gasteiger partial charge in [-0.05, 0) is 41.1 Å². The lowest BCUT2D eigenvalue weighted by atomic mass is 10.3. The third-order valence-electron chi connectivity index (χ3n) is 2.15. The number of halogens is 1. The summed E-state index contributed by atoms with van der Waals surface area (Å²) in [7, 11) is 0. The highest BCUT2D eigenvalue weighted by Crippen LogP contribution is 2.29. The number of hydrogen-bond acceptors (Lipinski definition) is 3. The van der Waals surface area contributed by atoms with Gasteiger partial charge < -0.3 is 10.1 Å². The van der Waals surface area contributed by atoms with Gasteiger partial charge in [0.05, 0.1) is 4.47 Å². The van der Waals surface area contributed by atoms with Crippen LogP contribution < -0.4 is 10.1 Å². The fourth-order valence-corrected chi connectivity index (χ4v) is 1.77. The molecule has 4 heteroatoms. The van der Waals surface area contributed by atoms with Gasteiger partial charge in [-0.1, -0.05) is 12.1 Å². The summed E-state index contributed by atoms with van der Waals surface area (Å²) in [5.74, 6) is 2.38. The summed E-state index contributed by atoms with van der Waals surface area (Å²) in [6, 6.07) is 11.5. The first-order chi connectivity index (χ1) is 8.29. The fourth-order valence-electron chi connectivity index (χ4n) is 1.41. The molecule has 0 bridgehead atoms. The van der Waals surface area contributed by atoms with Crippen LogP contribution in [0, 0.1) is 0 Å². The third-order valence-corrected chi connectivity index (χ3v) is 2.81. The Bertz CT molecular complexity index is 502. The first kappa shape index (κ1) is 11.9. The van der Waals surface area contributed by atoms with Crippen LogP contribution >= 0.6 is 15.9 Å². The summed E-state index contributed by atoms with van der Waals surface area (Å²) < 4.78 is 6.70. The largest absolute Gasteiger partial charge is 0.456 e. The zero-order valence-electron chi connectivity index (χ0n) is 9.48. The van der Waals surface area contributed by atoms with E-state index in [4.69, 9.17) is 4.74 Å². The van der Waals surface area contributed by atoms with Crippen molar-refractivity contribution in [3.05, 3.63) is 47.1 Å². The second kappa shape index (κ2) is 5.68. The van der Waals surface area contributed by atoms with Gasteiger partial charge >= 0.3 is 0 Å². The monoisotopic (exact) mass is 292 g/mol. The van der Waals surface area contributed by atoms with Gasteiger partial charge in [-0.15, -0.1) is 0 Å². The average molecular weight is 293 g/mol. The van der Waals surface area contributed by atoms with Crippen LogP contribution in [0.15, 0.2) is 47.1 Å². The van der Waals surface area contributed by atoms with E-state index in [1.54, 1.807) is 6.20 Å². The molecule has 0 unspecified atom stereocenters.